The van der Waals surface area contributed by atoms with Crippen LogP contribution < -0.4 is 4.90 Å². The molecule has 0 aliphatic rings. The van der Waals surface area contributed by atoms with Crippen molar-refractivity contribution in [2.75, 3.05) is 4.90 Å². The smallest absolute Gasteiger partial charge is 0.0645 e. The summed E-state index contributed by atoms with van der Waals surface area (Å²) in [4.78, 5) is 1.41. The van der Waals surface area contributed by atoms with E-state index in [1.54, 1.807) is 54.6 Å². The molecule has 0 radical (unpaired) electrons. The Kier molecular flexibility index (Phi) is 6.22. The predicted octanol–water partition coefficient (Wildman–Crippen LogP) is 13.5. The van der Waals surface area contributed by atoms with Crippen LogP contribution in [-0.2, 0) is 0 Å². The van der Waals surface area contributed by atoms with E-state index in [1.165, 1.54) is 4.90 Å². The molecule has 1 nitrogen and oxygen atoms in total. The lowest BCUT2D eigenvalue weighted by Gasteiger charge is -2.30. The summed E-state index contributed by atoms with van der Waals surface area (Å²) in [6.07, 6.45) is 0. The Morgan fingerprint density at radius 1 is 0.286 bits per heavy atom. The van der Waals surface area contributed by atoms with Crippen molar-refractivity contribution in [1.29, 1.82) is 0 Å². The summed E-state index contributed by atoms with van der Waals surface area (Å²) in [5.41, 5.74) is 6.02. The normalized spacial score (nSPS) is 13.1. The SMILES string of the molecule is [2H]c1c([2H])c(N(c2cccc(-c3ccccc3)c2-c2ccccc2-c2ccccc2)c2c([2H])c([2H])c(-c3ccccc3)c([2H])c2[2H])c([2H])c([2H])c1-c1ccccc1. The maximum absolute atomic E-state index is 9.60. The molecule has 0 aliphatic carbocycles. The average Bonchev–Trinajstić information content (AvgIpc) is 3.26. The average molecular weight is 634 g/mol. The molecule has 0 saturated heterocycles. The lowest BCUT2D eigenvalue weighted by molar-refractivity contribution is 1.28. The van der Waals surface area contributed by atoms with Crippen LogP contribution in [0.3, 0.4) is 0 Å². The molecule has 0 bridgehead atoms. The molecule has 8 rings (SSSR count). The Balaban J connectivity index is 1.54. The third-order valence-electron chi connectivity index (χ3n) is 8.45. The molecule has 8 aromatic carbocycles. The highest BCUT2D eigenvalue weighted by Gasteiger charge is 2.22. The zero-order valence-corrected chi connectivity index (χ0v) is 26.5. The van der Waals surface area contributed by atoms with Crippen molar-refractivity contribution in [3.8, 4) is 55.6 Å². The van der Waals surface area contributed by atoms with Crippen molar-refractivity contribution in [1.82, 2.24) is 0 Å². The van der Waals surface area contributed by atoms with E-state index in [2.05, 4.69) is 0 Å². The summed E-state index contributed by atoms with van der Waals surface area (Å²) in [6, 6.07) is 47.9. The van der Waals surface area contributed by atoms with Crippen molar-refractivity contribution in [2.24, 2.45) is 0 Å². The van der Waals surface area contributed by atoms with Gasteiger partial charge in [0.15, 0.2) is 0 Å². The molecular formula is C48H35N. The van der Waals surface area contributed by atoms with Crippen molar-refractivity contribution in [2.45, 2.75) is 0 Å². The molecule has 0 aromatic heterocycles. The van der Waals surface area contributed by atoms with Gasteiger partial charge in [0, 0.05) is 16.9 Å². The predicted molar refractivity (Wildman–Crippen MR) is 208 cm³/mol. The second-order valence-corrected chi connectivity index (χ2v) is 11.5. The van der Waals surface area contributed by atoms with Crippen molar-refractivity contribution in [3.63, 3.8) is 0 Å². The van der Waals surface area contributed by atoms with Gasteiger partial charge < -0.3 is 4.90 Å². The van der Waals surface area contributed by atoms with E-state index in [-0.39, 0.29) is 46.7 Å². The van der Waals surface area contributed by atoms with Gasteiger partial charge in [-0.25, -0.2) is 0 Å². The largest absolute Gasteiger partial charge is 0.310 e. The van der Waals surface area contributed by atoms with Crippen LogP contribution in [0.25, 0.3) is 55.6 Å². The first-order chi connectivity index (χ1) is 27.7. The molecular weight excluding hydrogens is 591 g/mol. The topological polar surface area (TPSA) is 3.24 Å². The van der Waals surface area contributed by atoms with Gasteiger partial charge in [0.05, 0.1) is 16.7 Å². The van der Waals surface area contributed by atoms with Gasteiger partial charge in [0.1, 0.15) is 0 Å². The fourth-order valence-corrected chi connectivity index (χ4v) is 6.12. The summed E-state index contributed by atoms with van der Waals surface area (Å²) in [7, 11) is 0. The van der Waals surface area contributed by atoms with Gasteiger partial charge in [-0.05, 0) is 80.3 Å². The molecule has 0 N–H and O–H groups in total. The minimum atomic E-state index is -0.397. The number of nitrogens with zero attached hydrogens (tertiary/aromatic N) is 1. The highest BCUT2D eigenvalue weighted by molar-refractivity contribution is 6.01. The van der Waals surface area contributed by atoms with Crippen LogP contribution in [0.4, 0.5) is 17.1 Å². The van der Waals surface area contributed by atoms with Crippen molar-refractivity contribution >= 4 is 17.1 Å². The summed E-state index contributed by atoms with van der Waals surface area (Å²) in [5.74, 6) is 0. The van der Waals surface area contributed by atoms with E-state index in [0.717, 1.165) is 27.8 Å². The van der Waals surface area contributed by atoms with Gasteiger partial charge in [-0.3, -0.25) is 0 Å². The first-order valence-electron chi connectivity index (χ1n) is 20.1. The minimum Gasteiger partial charge on any atom is -0.310 e. The third kappa shape index (κ3) is 6.18. The lowest BCUT2D eigenvalue weighted by Crippen LogP contribution is -2.12. The Labute approximate surface area is 300 Å². The number of hydrogen-bond acceptors (Lipinski definition) is 1. The Hall–Kier alpha value is -6.44. The monoisotopic (exact) mass is 633 g/mol. The molecule has 0 saturated carbocycles. The van der Waals surface area contributed by atoms with Crippen LogP contribution in [0.5, 0.6) is 0 Å². The summed E-state index contributed by atoms with van der Waals surface area (Å²) in [6.45, 7) is 0. The molecule has 0 aliphatic heterocycles. The molecule has 0 amide bonds. The van der Waals surface area contributed by atoms with Crippen LogP contribution in [0, 0.1) is 0 Å². The minimum absolute atomic E-state index is 0.112. The maximum Gasteiger partial charge on any atom is 0.0645 e. The molecule has 232 valence electrons. The van der Waals surface area contributed by atoms with E-state index in [4.69, 9.17) is 0 Å². The molecule has 0 heterocycles. The van der Waals surface area contributed by atoms with Crippen LogP contribution in [0.15, 0.2) is 212 Å². The van der Waals surface area contributed by atoms with E-state index in [9.17, 15) is 11.0 Å². The molecule has 0 atom stereocenters. The maximum atomic E-state index is 9.60. The fourth-order valence-electron chi connectivity index (χ4n) is 6.12. The third-order valence-corrected chi connectivity index (χ3v) is 8.45. The molecule has 0 spiro atoms. The standard InChI is InChI=1S/C48H35N/c1-5-16-36(17-6-1)38-28-32-42(33-29-38)49(43-34-30-39(31-35-43)37-18-7-2-8-19-37)47-27-15-26-45(41-22-11-4-12-23-41)48(47)46-25-14-13-24-44(46)40-20-9-3-10-21-40/h1-35H/i28D,29D,30D,31D,32D,33D,34D,35D. The number of anilines is 3. The summed E-state index contributed by atoms with van der Waals surface area (Å²) < 4.78 is 75.7. The highest BCUT2D eigenvalue weighted by atomic mass is 15.1. The van der Waals surface area contributed by atoms with Gasteiger partial charge >= 0.3 is 0 Å². The number of hydrogen-bond donors (Lipinski definition) is 0. The zero-order valence-electron chi connectivity index (χ0n) is 34.5. The highest BCUT2D eigenvalue weighted by Crippen LogP contribution is 2.48. The van der Waals surface area contributed by atoms with Crippen molar-refractivity contribution < 1.29 is 11.0 Å². The van der Waals surface area contributed by atoms with E-state index < -0.39 is 24.2 Å². The molecule has 1 heteroatoms. The number of benzene rings is 8. The van der Waals surface area contributed by atoms with E-state index in [0.29, 0.717) is 22.4 Å². The molecule has 8 aromatic rings. The van der Waals surface area contributed by atoms with Crippen LogP contribution >= 0.6 is 0 Å². The lowest BCUT2D eigenvalue weighted by atomic mass is 9.87. The first-order valence-corrected chi connectivity index (χ1v) is 16.1. The van der Waals surface area contributed by atoms with Gasteiger partial charge in [-0.2, -0.15) is 0 Å². The Bertz CT molecular complexity index is 2590. The van der Waals surface area contributed by atoms with Crippen LogP contribution in [0.1, 0.15) is 11.0 Å². The van der Waals surface area contributed by atoms with Crippen LogP contribution in [-0.4, -0.2) is 0 Å². The molecule has 49 heavy (non-hydrogen) atoms. The van der Waals surface area contributed by atoms with Gasteiger partial charge in [-0.1, -0.05) is 182 Å². The second-order valence-electron chi connectivity index (χ2n) is 11.5. The number of rotatable bonds is 8. The van der Waals surface area contributed by atoms with Gasteiger partial charge in [-0.15, -0.1) is 0 Å². The van der Waals surface area contributed by atoms with Gasteiger partial charge in [0.25, 0.3) is 0 Å². The second kappa shape index (κ2) is 13.7. The van der Waals surface area contributed by atoms with Crippen molar-refractivity contribution in [3.05, 3.63) is 212 Å². The van der Waals surface area contributed by atoms with Gasteiger partial charge in [0.2, 0.25) is 0 Å². The molecule has 0 unspecified atom stereocenters. The Morgan fingerprint density at radius 2 is 0.653 bits per heavy atom. The Morgan fingerprint density at radius 3 is 1.12 bits per heavy atom. The van der Waals surface area contributed by atoms with Crippen LogP contribution in [0.2, 0.25) is 0 Å². The first kappa shape index (κ1) is 22.2. The summed E-state index contributed by atoms with van der Waals surface area (Å²) >= 11 is 0. The van der Waals surface area contributed by atoms with E-state index in [1.807, 2.05) is 109 Å². The molecule has 0 fully saturated rings. The van der Waals surface area contributed by atoms with E-state index >= 15 is 0 Å². The fraction of sp³-hybridized carbons (Fsp3) is 0. The summed E-state index contributed by atoms with van der Waals surface area (Å²) in [5, 5.41) is 0. The quantitative estimate of drug-likeness (QED) is 0.161. The zero-order chi connectivity index (χ0) is 39.8.